The Kier molecular flexibility index (Phi) is 7.26. The van der Waals surface area contributed by atoms with Crippen molar-refractivity contribution in [2.24, 2.45) is 0 Å². The van der Waals surface area contributed by atoms with E-state index in [0.717, 1.165) is 24.0 Å². The average molecular weight is 397 g/mol. The number of likely N-dealkylation sites (tertiary alicyclic amines) is 1. The molecule has 1 aliphatic heterocycles. The Hall–Kier alpha value is -2.59. The predicted octanol–water partition coefficient (Wildman–Crippen LogP) is 4.09. The summed E-state index contributed by atoms with van der Waals surface area (Å²) in [7, 11) is 0. The van der Waals surface area contributed by atoms with Crippen LogP contribution >= 0.6 is 11.6 Å². The highest BCUT2D eigenvalue weighted by molar-refractivity contribution is 6.30. The summed E-state index contributed by atoms with van der Waals surface area (Å²) in [6, 6.07) is 17.5. The molecule has 2 aromatic rings. The van der Waals surface area contributed by atoms with Gasteiger partial charge in [-0.3, -0.25) is 9.59 Å². The molecule has 0 saturated carbocycles. The number of nitrogens with one attached hydrogen (secondary N) is 1. The maximum atomic E-state index is 12.3. The lowest BCUT2D eigenvalue weighted by atomic mass is 10.0. The summed E-state index contributed by atoms with van der Waals surface area (Å²) in [5.74, 6) is 0.0834. The van der Waals surface area contributed by atoms with Crippen molar-refractivity contribution in [1.29, 1.82) is 0 Å². The highest BCUT2D eigenvalue weighted by Gasteiger charge is 2.22. The van der Waals surface area contributed by atoms with E-state index in [9.17, 15) is 9.59 Å². The summed E-state index contributed by atoms with van der Waals surface area (Å²) in [6.07, 6.45) is 6.20. The van der Waals surface area contributed by atoms with E-state index in [2.05, 4.69) is 5.32 Å². The molecule has 4 nitrogen and oxygen atoms in total. The van der Waals surface area contributed by atoms with Crippen molar-refractivity contribution in [2.45, 2.75) is 31.7 Å². The topological polar surface area (TPSA) is 49.4 Å². The zero-order chi connectivity index (χ0) is 19.8. The van der Waals surface area contributed by atoms with E-state index in [4.69, 9.17) is 11.6 Å². The first kappa shape index (κ1) is 20.2. The second-order valence-corrected chi connectivity index (χ2v) is 7.47. The van der Waals surface area contributed by atoms with E-state index < -0.39 is 0 Å². The van der Waals surface area contributed by atoms with Crippen LogP contribution in [0.3, 0.4) is 0 Å². The molecule has 0 atom stereocenters. The molecular formula is C23H25ClN2O2. The van der Waals surface area contributed by atoms with E-state index in [1.807, 2.05) is 65.6 Å². The maximum absolute atomic E-state index is 12.3. The minimum Gasteiger partial charge on any atom is -0.353 e. The first-order valence-corrected chi connectivity index (χ1v) is 10.0. The van der Waals surface area contributed by atoms with Gasteiger partial charge in [0.05, 0.1) is 0 Å². The number of benzene rings is 2. The third-order valence-corrected chi connectivity index (χ3v) is 5.20. The van der Waals surface area contributed by atoms with Crippen LogP contribution in [0.2, 0.25) is 5.02 Å². The van der Waals surface area contributed by atoms with Crippen molar-refractivity contribution < 1.29 is 9.59 Å². The van der Waals surface area contributed by atoms with Gasteiger partial charge in [0.25, 0.3) is 0 Å². The van der Waals surface area contributed by atoms with Gasteiger partial charge in [-0.1, -0.05) is 54.1 Å². The molecule has 1 saturated heterocycles. The van der Waals surface area contributed by atoms with Gasteiger partial charge in [-0.15, -0.1) is 0 Å². The molecule has 0 radical (unpaired) electrons. The molecule has 1 N–H and O–H groups in total. The second-order valence-electron chi connectivity index (χ2n) is 7.04. The minimum atomic E-state index is 0.0244. The van der Waals surface area contributed by atoms with Crippen LogP contribution in [0.25, 0.3) is 6.08 Å². The fourth-order valence-corrected chi connectivity index (χ4v) is 3.42. The molecule has 5 heteroatoms. The molecule has 0 aromatic heterocycles. The molecule has 1 aliphatic rings. The number of hydrogen-bond donors (Lipinski definition) is 1. The van der Waals surface area contributed by atoms with Crippen molar-refractivity contribution in [2.75, 3.05) is 13.1 Å². The Bertz CT molecular complexity index is 810. The van der Waals surface area contributed by atoms with Gasteiger partial charge in [-0.05, 0) is 48.6 Å². The minimum absolute atomic E-state index is 0.0244. The van der Waals surface area contributed by atoms with Gasteiger partial charge < -0.3 is 10.2 Å². The van der Waals surface area contributed by atoms with Gasteiger partial charge >= 0.3 is 0 Å². The molecule has 0 spiro atoms. The quantitative estimate of drug-likeness (QED) is 0.747. The Morgan fingerprint density at radius 1 is 1.04 bits per heavy atom. The summed E-state index contributed by atoms with van der Waals surface area (Å²) in [5.41, 5.74) is 2.11. The van der Waals surface area contributed by atoms with E-state index >= 15 is 0 Å². The van der Waals surface area contributed by atoms with E-state index in [1.165, 1.54) is 0 Å². The lowest BCUT2D eigenvalue weighted by Gasteiger charge is -2.31. The Morgan fingerprint density at radius 3 is 2.39 bits per heavy atom. The van der Waals surface area contributed by atoms with Crippen molar-refractivity contribution in [3.63, 3.8) is 0 Å². The van der Waals surface area contributed by atoms with E-state index in [-0.39, 0.29) is 17.9 Å². The first-order chi connectivity index (χ1) is 13.6. The molecule has 0 bridgehead atoms. The Balaban J connectivity index is 1.38. The number of halogens is 1. The van der Waals surface area contributed by atoms with Crippen LogP contribution in [0.4, 0.5) is 0 Å². The predicted molar refractivity (Wildman–Crippen MR) is 113 cm³/mol. The van der Waals surface area contributed by atoms with Gasteiger partial charge in [0.2, 0.25) is 11.8 Å². The van der Waals surface area contributed by atoms with Crippen molar-refractivity contribution in [3.8, 4) is 0 Å². The Labute approximate surface area is 171 Å². The molecule has 1 fully saturated rings. The molecule has 2 aromatic carbocycles. The molecule has 146 valence electrons. The van der Waals surface area contributed by atoms with Gasteiger partial charge in [-0.25, -0.2) is 0 Å². The number of nitrogens with zero attached hydrogens (tertiary/aromatic N) is 1. The van der Waals surface area contributed by atoms with Gasteiger partial charge in [0, 0.05) is 36.7 Å². The standard InChI is InChI=1S/C23H25ClN2O2/c24-20-10-6-19(7-11-20)8-12-22(27)25-21-14-16-26(17-15-21)23(28)13-9-18-4-2-1-3-5-18/h1-7,9-11,13,21H,8,12,14-17H2,(H,25,27)/b13-9+. The summed E-state index contributed by atoms with van der Waals surface area (Å²) < 4.78 is 0. The van der Waals surface area contributed by atoms with Crippen LogP contribution in [-0.4, -0.2) is 35.8 Å². The molecule has 0 unspecified atom stereocenters. The second kappa shape index (κ2) is 10.1. The average Bonchev–Trinajstić information content (AvgIpc) is 2.73. The Morgan fingerprint density at radius 2 is 1.71 bits per heavy atom. The van der Waals surface area contributed by atoms with Gasteiger partial charge in [0.15, 0.2) is 0 Å². The zero-order valence-corrected chi connectivity index (χ0v) is 16.6. The van der Waals surface area contributed by atoms with Crippen LogP contribution in [0, 0.1) is 0 Å². The summed E-state index contributed by atoms with van der Waals surface area (Å²) >= 11 is 5.88. The van der Waals surface area contributed by atoms with Gasteiger partial charge in [0.1, 0.15) is 0 Å². The normalized spacial score (nSPS) is 15.0. The zero-order valence-electron chi connectivity index (χ0n) is 15.8. The number of rotatable bonds is 6. The van der Waals surface area contributed by atoms with Crippen LogP contribution < -0.4 is 5.32 Å². The molecule has 2 amide bonds. The monoisotopic (exact) mass is 396 g/mol. The van der Waals surface area contributed by atoms with Crippen LogP contribution in [-0.2, 0) is 16.0 Å². The third-order valence-electron chi connectivity index (χ3n) is 4.94. The fourth-order valence-electron chi connectivity index (χ4n) is 3.29. The highest BCUT2D eigenvalue weighted by Crippen LogP contribution is 2.13. The smallest absolute Gasteiger partial charge is 0.246 e. The van der Waals surface area contributed by atoms with Crippen molar-refractivity contribution in [3.05, 3.63) is 76.8 Å². The lowest BCUT2D eigenvalue weighted by Crippen LogP contribution is -2.46. The number of piperidine rings is 1. The maximum Gasteiger partial charge on any atom is 0.246 e. The third kappa shape index (κ3) is 6.24. The summed E-state index contributed by atoms with van der Waals surface area (Å²) in [6.45, 7) is 1.33. The highest BCUT2D eigenvalue weighted by atomic mass is 35.5. The summed E-state index contributed by atoms with van der Waals surface area (Å²) in [5, 5.41) is 3.80. The number of hydrogen-bond acceptors (Lipinski definition) is 2. The fraction of sp³-hybridized carbons (Fsp3) is 0.304. The van der Waals surface area contributed by atoms with Crippen LogP contribution in [0.15, 0.2) is 60.7 Å². The van der Waals surface area contributed by atoms with Crippen LogP contribution in [0.5, 0.6) is 0 Å². The lowest BCUT2D eigenvalue weighted by molar-refractivity contribution is -0.127. The molecule has 1 heterocycles. The van der Waals surface area contributed by atoms with Crippen molar-refractivity contribution >= 4 is 29.5 Å². The SMILES string of the molecule is O=C(CCc1ccc(Cl)cc1)NC1CCN(C(=O)/C=C/c2ccccc2)CC1. The first-order valence-electron chi connectivity index (χ1n) is 9.66. The van der Waals surface area contributed by atoms with Gasteiger partial charge in [-0.2, -0.15) is 0 Å². The van der Waals surface area contributed by atoms with Crippen LogP contribution in [0.1, 0.15) is 30.4 Å². The number of carbonyl (C=O) groups is 2. The number of amides is 2. The van der Waals surface area contributed by atoms with E-state index in [0.29, 0.717) is 31.0 Å². The molecule has 0 aliphatic carbocycles. The number of aryl methyl sites for hydroxylation is 1. The van der Waals surface area contributed by atoms with Crippen molar-refractivity contribution in [1.82, 2.24) is 10.2 Å². The number of carbonyl (C=O) groups excluding carboxylic acids is 2. The largest absolute Gasteiger partial charge is 0.353 e. The summed E-state index contributed by atoms with van der Waals surface area (Å²) in [4.78, 5) is 26.4. The molecule has 3 rings (SSSR count). The molecular weight excluding hydrogens is 372 g/mol. The molecule has 28 heavy (non-hydrogen) atoms. The van der Waals surface area contributed by atoms with E-state index in [1.54, 1.807) is 6.08 Å².